The second kappa shape index (κ2) is 9.41. The van der Waals surface area contributed by atoms with Crippen LogP contribution in [-0.4, -0.2) is 29.9 Å². The minimum Gasteiger partial charge on any atom is -0.490 e. The fourth-order valence-corrected chi connectivity index (χ4v) is 2.20. The van der Waals surface area contributed by atoms with E-state index in [2.05, 4.69) is 10.5 Å². The van der Waals surface area contributed by atoms with Gasteiger partial charge < -0.3 is 14.0 Å². The molecule has 0 atom stereocenters. The number of pyridine rings is 1. The normalized spacial score (nSPS) is 10.7. The number of aryl methyl sites for hydroxylation is 1. The predicted octanol–water partition coefficient (Wildman–Crippen LogP) is 2.34. The van der Waals surface area contributed by atoms with Crippen LogP contribution in [0.1, 0.15) is 36.2 Å². The molecule has 0 spiro atoms. The van der Waals surface area contributed by atoms with E-state index >= 15 is 0 Å². The number of carbonyl (C=O) groups excluding carboxylic acids is 1. The summed E-state index contributed by atoms with van der Waals surface area (Å²) in [5.74, 6) is 0.728. The van der Waals surface area contributed by atoms with E-state index in [1.165, 1.54) is 16.8 Å². The minimum atomic E-state index is -0.560. The summed E-state index contributed by atoms with van der Waals surface area (Å²) in [6.45, 7) is 5.04. The first-order valence-electron chi connectivity index (χ1n) is 8.45. The fraction of sp³-hybridized carbons (Fsp3) is 0.316. The molecule has 0 aliphatic carbocycles. The highest BCUT2D eigenvalue weighted by Gasteiger charge is 2.10. The van der Waals surface area contributed by atoms with Crippen LogP contribution in [0.2, 0.25) is 0 Å². The van der Waals surface area contributed by atoms with Gasteiger partial charge in [0.25, 0.3) is 11.5 Å². The number of hydrazone groups is 1. The number of nitrogens with one attached hydrogen (secondary N) is 1. The number of hydrogen-bond acceptors (Lipinski definition) is 5. The first kappa shape index (κ1) is 19.2. The molecule has 2 aromatic rings. The van der Waals surface area contributed by atoms with E-state index in [1.54, 1.807) is 31.4 Å². The van der Waals surface area contributed by atoms with Gasteiger partial charge in [-0.1, -0.05) is 6.92 Å². The van der Waals surface area contributed by atoms with Crippen LogP contribution in [0.15, 0.2) is 46.4 Å². The molecule has 1 aromatic carbocycles. The lowest BCUT2D eigenvalue weighted by molar-refractivity contribution is 0.0953. The van der Waals surface area contributed by atoms with Crippen molar-refractivity contribution in [3.05, 3.63) is 58.0 Å². The van der Waals surface area contributed by atoms with Crippen LogP contribution >= 0.6 is 0 Å². The second-order valence-electron chi connectivity index (χ2n) is 5.52. The highest BCUT2D eigenvalue weighted by molar-refractivity contribution is 5.94. The summed E-state index contributed by atoms with van der Waals surface area (Å²) in [4.78, 5) is 24.0. The van der Waals surface area contributed by atoms with Crippen LogP contribution < -0.4 is 20.5 Å². The summed E-state index contributed by atoms with van der Waals surface area (Å²) >= 11 is 0. The van der Waals surface area contributed by atoms with Crippen molar-refractivity contribution in [3.8, 4) is 11.5 Å². The third-order valence-electron chi connectivity index (χ3n) is 3.48. The molecule has 1 amide bonds. The van der Waals surface area contributed by atoms with Crippen LogP contribution in [0.4, 0.5) is 0 Å². The molecule has 0 fully saturated rings. The van der Waals surface area contributed by atoms with Crippen LogP contribution in [0.25, 0.3) is 0 Å². The van der Waals surface area contributed by atoms with Crippen LogP contribution in [0.3, 0.4) is 0 Å². The van der Waals surface area contributed by atoms with Crippen molar-refractivity contribution in [1.29, 1.82) is 0 Å². The third-order valence-corrected chi connectivity index (χ3v) is 3.48. The molecule has 1 aromatic heterocycles. The zero-order chi connectivity index (χ0) is 18.9. The maximum Gasteiger partial charge on any atom is 0.276 e. The Bertz CT molecular complexity index is 843. The van der Waals surface area contributed by atoms with Gasteiger partial charge in [0.05, 0.1) is 19.4 Å². The van der Waals surface area contributed by atoms with Crippen LogP contribution in [0.5, 0.6) is 11.5 Å². The van der Waals surface area contributed by atoms with Crippen molar-refractivity contribution in [2.45, 2.75) is 20.3 Å². The van der Waals surface area contributed by atoms with Gasteiger partial charge in [0.15, 0.2) is 11.5 Å². The van der Waals surface area contributed by atoms with Gasteiger partial charge in [0.1, 0.15) is 5.56 Å². The lowest BCUT2D eigenvalue weighted by Gasteiger charge is -2.11. The Morgan fingerprint density at radius 1 is 1.23 bits per heavy atom. The zero-order valence-corrected chi connectivity index (χ0v) is 15.2. The van der Waals surface area contributed by atoms with Gasteiger partial charge in [-0.2, -0.15) is 5.10 Å². The first-order chi connectivity index (χ1) is 12.6. The number of amides is 1. The largest absolute Gasteiger partial charge is 0.490 e. The monoisotopic (exact) mass is 357 g/mol. The van der Waals surface area contributed by atoms with E-state index < -0.39 is 5.91 Å². The number of carbonyl (C=O) groups is 1. The first-order valence-corrected chi connectivity index (χ1v) is 8.45. The van der Waals surface area contributed by atoms with Crippen LogP contribution in [0, 0.1) is 0 Å². The summed E-state index contributed by atoms with van der Waals surface area (Å²) in [5.41, 5.74) is 2.75. The molecule has 0 unspecified atom stereocenters. The molecule has 138 valence electrons. The smallest absolute Gasteiger partial charge is 0.276 e. The van der Waals surface area contributed by atoms with E-state index in [0.717, 1.165) is 12.0 Å². The standard InChI is InChI=1S/C19H23N3O4/c1-4-11-26-16-9-8-14(12-17(16)25-5-2)13-20-21-18(23)15-7-6-10-22(3)19(15)24/h6-10,12-13H,4-5,11H2,1-3H3,(H,21,23)/b20-13-. The molecular formula is C19H23N3O4. The summed E-state index contributed by atoms with van der Waals surface area (Å²) in [6, 6.07) is 8.48. The fourth-order valence-electron chi connectivity index (χ4n) is 2.20. The summed E-state index contributed by atoms with van der Waals surface area (Å²) in [6.07, 6.45) is 3.97. The topological polar surface area (TPSA) is 81.9 Å². The Labute approximate surface area is 152 Å². The molecule has 0 aliphatic heterocycles. The summed E-state index contributed by atoms with van der Waals surface area (Å²) < 4.78 is 12.6. The van der Waals surface area contributed by atoms with E-state index in [9.17, 15) is 9.59 Å². The minimum absolute atomic E-state index is 0.0328. The molecule has 0 bridgehead atoms. The number of nitrogens with zero attached hydrogens (tertiary/aromatic N) is 2. The molecule has 26 heavy (non-hydrogen) atoms. The van der Waals surface area contributed by atoms with E-state index in [0.29, 0.717) is 24.7 Å². The number of benzene rings is 1. The molecule has 0 radical (unpaired) electrons. The van der Waals surface area contributed by atoms with E-state index in [1.807, 2.05) is 19.9 Å². The van der Waals surface area contributed by atoms with Gasteiger partial charge in [0, 0.05) is 13.2 Å². The molecule has 2 rings (SSSR count). The van der Waals surface area contributed by atoms with Crippen molar-refractivity contribution in [3.63, 3.8) is 0 Å². The predicted molar refractivity (Wildman–Crippen MR) is 100 cm³/mol. The molecule has 0 saturated carbocycles. The van der Waals surface area contributed by atoms with Crippen molar-refractivity contribution in [2.24, 2.45) is 12.1 Å². The van der Waals surface area contributed by atoms with Gasteiger partial charge in [-0.05, 0) is 49.2 Å². The highest BCUT2D eigenvalue weighted by Crippen LogP contribution is 2.28. The maximum absolute atomic E-state index is 12.1. The van der Waals surface area contributed by atoms with E-state index in [-0.39, 0.29) is 11.1 Å². The van der Waals surface area contributed by atoms with E-state index in [4.69, 9.17) is 9.47 Å². The molecule has 1 heterocycles. The average molecular weight is 357 g/mol. The lowest BCUT2D eigenvalue weighted by Crippen LogP contribution is -2.29. The number of hydrogen-bond donors (Lipinski definition) is 1. The highest BCUT2D eigenvalue weighted by atomic mass is 16.5. The van der Waals surface area contributed by atoms with Gasteiger partial charge in [-0.25, -0.2) is 5.43 Å². The Kier molecular flexibility index (Phi) is 6.96. The molecule has 7 heteroatoms. The molecule has 0 aliphatic rings. The van der Waals surface area contributed by atoms with Gasteiger partial charge in [-0.3, -0.25) is 9.59 Å². The summed E-state index contributed by atoms with van der Waals surface area (Å²) in [7, 11) is 1.58. The molecule has 7 nitrogen and oxygen atoms in total. The Hall–Kier alpha value is -3.09. The average Bonchev–Trinajstić information content (AvgIpc) is 2.63. The van der Waals surface area contributed by atoms with Crippen molar-refractivity contribution >= 4 is 12.1 Å². The van der Waals surface area contributed by atoms with Crippen molar-refractivity contribution in [1.82, 2.24) is 9.99 Å². The Morgan fingerprint density at radius 3 is 2.77 bits per heavy atom. The van der Waals surface area contributed by atoms with Gasteiger partial charge in [0.2, 0.25) is 0 Å². The third kappa shape index (κ3) is 4.95. The molecule has 0 saturated heterocycles. The Balaban J connectivity index is 2.09. The number of aromatic nitrogens is 1. The van der Waals surface area contributed by atoms with Gasteiger partial charge in [-0.15, -0.1) is 0 Å². The summed E-state index contributed by atoms with van der Waals surface area (Å²) in [5, 5.41) is 3.91. The number of rotatable bonds is 8. The van der Waals surface area contributed by atoms with Crippen molar-refractivity contribution in [2.75, 3.05) is 13.2 Å². The molecular weight excluding hydrogens is 334 g/mol. The van der Waals surface area contributed by atoms with Crippen LogP contribution in [-0.2, 0) is 7.05 Å². The van der Waals surface area contributed by atoms with Gasteiger partial charge >= 0.3 is 0 Å². The quantitative estimate of drug-likeness (QED) is 0.581. The number of ether oxygens (including phenoxy) is 2. The van der Waals surface area contributed by atoms with Crippen molar-refractivity contribution < 1.29 is 14.3 Å². The zero-order valence-electron chi connectivity index (χ0n) is 15.2. The second-order valence-corrected chi connectivity index (χ2v) is 5.52. The lowest BCUT2D eigenvalue weighted by atomic mass is 10.2. The molecule has 1 N–H and O–H groups in total. The SMILES string of the molecule is CCCOc1ccc(/C=N\NC(=O)c2cccn(C)c2=O)cc1OCC. The maximum atomic E-state index is 12.1. The Morgan fingerprint density at radius 2 is 2.04 bits per heavy atom.